The number of carbonyl (C=O) groups excluding carboxylic acids is 2. The van der Waals surface area contributed by atoms with Crippen LogP contribution in [-0.4, -0.2) is 57.7 Å². The van der Waals surface area contributed by atoms with Gasteiger partial charge in [-0.05, 0) is 0 Å². The molecule has 29 heavy (non-hydrogen) atoms. The van der Waals surface area contributed by atoms with Gasteiger partial charge in [-0.1, -0.05) is 0 Å². The molecule has 2 aromatic carbocycles. The fraction of sp³-hybridized carbons (Fsp3) is 0.333. The minimum atomic E-state index is -0.246. The third-order valence-electron chi connectivity index (χ3n) is 5.32. The molecule has 0 spiro atoms. The van der Waals surface area contributed by atoms with Gasteiger partial charge in [0, 0.05) is 0 Å². The van der Waals surface area contributed by atoms with Gasteiger partial charge in [-0.3, -0.25) is 0 Å². The van der Waals surface area contributed by atoms with Gasteiger partial charge in [0.15, 0.2) is 0 Å². The summed E-state index contributed by atoms with van der Waals surface area (Å²) in [5, 5.41) is 0. The molecule has 1 aliphatic carbocycles. The Labute approximate surface area is 178 Å². The Kier molecular flexibility index (Phi) is 5.48. The Hall–Kier alpha value is -2.20. The van der Waals surface area contributed by atoms with Crippen LogP contribution in [0.25, 0.3) is 0 Å². The first kappa shape index (κ1) is 20.1. The average molecular weight is 454 g/mol. The number of Topliss-reactive ketones (excluding diaryl/α,β-unsaturated/α-hetero) is 2. The molecule has 0 atom stereocenters. The molecule has 1 saturated heterocycles. The third-order valence-corrected chi connectivity index (χ3v) is 7.61. The van der Waals surface area contributed by atoms with Crippen molar-refractivity contribution < 1.29 is 14.3 Å². The molecule has 0 unspecified atom stereocenters. The Morgan fingerprint density at radius 2 is 1.45 bits per heavy atom. The Morgan fingerprint density at radius 1 is 0.862 bits per heavy atom. The molecular weight excluding hydrogens is 429 g/mol. The van der Waals surface area contributed by atoms with Crippen LogP contribution >= 0.6 is 0 Å². The molecule has 0 bridgehead atoms. The second kappa shape index (κ2) is 7.91. The summed E-state index contributed by atoms with van der Waals surface area (Å²) in [6.45, 7) is 8.99. The molecule has 0 saturated carbocycles. The quantitative estimate of drug-likeness (QED) is 0.670. The van der Waals surface area contributed by atoms with E-state index in [1.807, 2.05) is 17.0 Å². The van der Waals surface area contributed by atoms with Crippen molar-refractivity contribution >= 4 is 31.0 Å². The number of ether oxygens (including phenoxy) is 1. The molecule has 0 radical (unpaired) electrons. The first-order valence-corrected chi connectivity index (χ1v) is 11.6. The number of carbonyl (C=O) groups is 2. The van der Waals surface area contributed by atoms with E-state index < -0.39 is 0 Å². The van der Waals surface area contributed by atoms with Gasteiger partial charge in [-0.15, -0.1) is 0 Å². The molecule has 1 heterocycles. The molecule has 0 N–H and O–H groups in total. The first-order chi connectivity index (χ1) is 13.9. The summed E-state index contributed by atoms with van der Waals surface area (Å²) >= 11 is -0.246. The molecule has 4 rings (SSSR count). The molecule has 2 aliphatic rings. The summed E-state index contributed by atoms with van der Waals surface area (Å²) in [7, 11) is 0. The number of fused-ring (bicyclic) bond motifs is 1. The van der Waals surface area contributed by atoms with E-state index in [4.69, 9.17) is 4.74 Å². The zero-order valence-corrected chi connectivity index (χ0v) is 18.7. The van der Waals surface area contributed by atoms with Crippen molar-refractivity contribution in [2.24, 2.45) is 0 Å². The van der Waals surface area contributed by atoms with Crippen LogP contribution in [0.4, 0.5) is 0 Å². The Bertz CT molecular complexity index is 980. The zero-order chi connectivity index (χ0) is 20.6. The van der Waals surface area contributed by atoms with Crippen molar-refractivity contribution in [3.8, 4) is 0 Å². The van der Waals surface area contributed by atoms with Crippen molar-refractivity contribution in [1.82, 2.24) is 4.90 Å². The topological polar surface area (TPSA) is 46.6 Å². The van der Waals surface area contributed by atoms with Crippen molar-refractivity contribution in [2.45, 2.75) is 26.2 Å². The summed E-state index contributed by atoms with van der Waals surface area (Å²) in [4.78, 5) is 28.8. The first-order valence-electron chi connectivity index (χ1n) is 9.90. The number of benzene rings is 2. The predicted molar refractivity (Wildman–Crippen MR) is 115 cm³/mol. The van der Waals surface area contributed by atoms with Crippen molar-refractivity contribution in [1.29, 1.82) is 0 Å². The second-order valence-electron chi connectivity index (χ2n) is 8.36. The van der Waals surface area contributed by atoms with E-state index in [1.165, 1.54) is 5.56 Å². The van der Waals surface area contributed by atoms with E-state index >= 15 is 0 Å². The van der Waals surface area contributed by atoms with Crippen molar-refractivity contribution in [3.63, 3.8) is 0 Å². The zero-order valence-electron chi connectivity index (χ0n) is 17.0. The van der Waals surface area contributed by atoms with Gasteiger partial charge >= 0.3 is 178 Å². The predicted octanol–water partition coefficient (Wildman–Crippen LogP) is 2.94. The fourth-order valence-corrected chi connectivity index (χ4v) is 5.81. The number of rotatable bonds is 3. The summed E-state index contributed by atoms with van der Waals surface area (Å²) in [6.07, 6.45) is 0. The number of allylic oxidation sites excluding steroid dienone is 2. The standard InChI is InChI=1S/C24H25NO3Se/c1-24(2,3)16-8-10-17(11-9-16)29-23-20(25-12-14-28-15-13-25)21(26)18-6-4-5-7-19(18)22(23)27/h4-11H,12-15H2,1-3H3. The summed E-state index contributed by atoms with van der Waals surface area (Å²) in [6, 6.07) is 15.6. The van der Waals surface area contributed by atoms with E-state index in [-0.39, 0.29) is 31.9 Å². The number of nitrogens with zero attached hydrogens (tertiary/aromatic N) is 1. The normalized spacial score (nSPS) is 17.6. The molecule has 5 heteroatoms. The van der Waals surface area contributed by atoms with Crippen molar-refractivity contribution in [3.05, 3.63) is 75.4 Å². The fourth-order valence-electron chi connectivity index (χ4n) is 3.65. The van der Waals surface area contributed by atoms with Gasteiger partial charge in [0.05, 0.1) is 0 Å². The van der Waals surface area contributed by atoms with Crippen molar-refractivity contribution in [2.75, 3.05) is 26.3 Å². The monoisotopic (exact) mass is 455 g/mol. The number of hydrogen-bond acceptors (Lipinski definition) is 4. The SMILES string of the molecule is CC(C)(C)c1ccc([Se]C2=C(N3CCOCC3)C(=O)c3ccccc3C2=O)cc1. The summed E-state index contributed by atoms with van der Waals surface area (Å²) in [5.41, 5.74) is 2.96. The maximum absolute atomic E-state index is 13.4. The Balaban J connectivity index is 1.75. The van der Waals surface area contributed by atoms with Gasteiger partial charge in [0.1, 0.15) is 0 Å². The van der Waals surface area contributed by atoms with Crippen LogP contribution < -0.4 is 4.46 Å². The average Bonchev–Trinajstić information content (AvgIpc) is 2.72. The van der Waals surface area contributed by atoms with Gasteiger partial charge in [-0.2, -0.15) is 0 Å². The number of hydrogen-bond donors (Lipinski definition) is 0. The van der Waals surface area contributed by atoms with Crippen LogP contribution in [0.5, 0.6) is 0 Å². The summed E-state index contributed by atoms with van der Waals surface area (Å²) in [5.74, 6) is -0.0492. The van der Waals surface area contributed by atoms with Crippen LogP contribution in [0.2, 0.25) is 0 Å². The molecule has 0 aromatic heterocycles. The van der Waals surface area contributed by atoms with Crippen LogP contribution in [-0.2, 0) is 10.2 Å². The minimum absolute atomic E-state index is 0.0124. The van der Waals surface area contributed by atoms with Crippen LogP contribution in [0.15, 0.2) is 58.7 Å². The van der Waals surface area contributed by atoms with Crippen LogP contribution in [0, 0.1) is 0 Å². The maximum atomic E-state index is 13.4. The van der Waals surface area contributed by atoms with Gasteiger partial charge in [0.2, 0.25) is 0 Å². The molecule has 4 nitrogen and oxygen atoms in total. The van der Waals surface area contributed by atoms with E-state index in [2.05, 4.69) is 45.0 Å². The molecule has 0 amide bonds. The second-order valence-corrected chi connectivity index (χ2v) is 10.6. The Morgan fingerprint density at radius 3 is 2.03 bits per heavy atom. The van der Waals surface area contributed by atoms with E-state index in [0.717, 1.165) is 4.46 Å². The molecule has 1 aliphatic heterocycles. The van der Waals surface area contributed by atoms with Gasteiger partial charge in [0.25, 0.3) is 0 Å². The molecule has 2 aromatic rings. The van der Waals surface area contributed by atoms with E-state index in [0.29, 0.717) is 47.6 Å². The number of ketones is 2. The number of morpholine rings is 1. The summed E-state index contributed by atoms with van der Waals surface area (Å²) < 4.78 is 7.23. The van der Waals surface area contributed by atoms with Crippen LogP contribution in [0.3, 0.4) is 0 Å². The van der Waals surface area contributed by atoms with E-state index in [9.17, 15) is 9.59 Å². The van der Waals surface area contributed by atoms with E-state index in [1.54, 1.807) is 12.1 Å². The molecular formula is C24H25NO3Se. The molecule has 1 fully saturated rings. The third kappa shape index (κ3) is 3.95. The van der Waals surface area contributed by atoms with Gasteiger partial charge in [-0.25, -0.2) is 0 Å². The van der Waals surface area contributed by atoms with Crippen LogP contribution in [0.1, 0.15) is 47.1 Å². The molecule has 150 valence electrons. The van der Waals surface area contributed by atoms with Gasteiger partial charge < -0.3 is 0 Å².